The molecule has 5 nitrogen and oxygen atoms in total. The zero-order valence-corrected chi connectivity index (χ0v) is 4.85. The van der Waals surface area contributed by atoms with E-state index >= 15 is 0 Å². The minimum Gasteiger partial charge on any atom is -0.394 e. The van der Waals surface area contributed by atoms with Crippen molar-refractivity contribution in [1.29, 1.82) is 0 Å². The van der Waals surface area contributed by atoms with Crippen LogP contribution in [0.1, 0.15) is 5.48 Å². The van der Waals surface area contributed by atoms with Crippen LogP contribution in [0.15, 0.2) is 0 Å². The molecule has 4 atom stereocenters. The van der Waals surface area contributed by atoms with Crippen molar-refractivity contribution in [2.75, 3.05) is 6.56 Å². The lowest BCUT2D eigenvalue weighted by Gasteiger charge is -2.09. The van der Waals surface area contributed by atoms with Gasteiger partial charge < -0.3 is 25.2 Å². The second-order valence-corrected chi connectivity index (χ2v) is 1.78. The minimum absolute atomic E-state index is 2.10. The minimum atomic E-state index is -3.40. The van der Waals surface area contributed by atoms with E-state index in [2.05, 4.69) is 4.74 Å². The van der Waals surface area contributed by atoms with E-state index in [1.165, 1.54) is 0 Å². The van der Waals surface area contributed by atoms with Gasteiger partial charge in [0.15, 0.2) is 6.29 Å². The van der Waals surface area contributed by atoms with Crippen LogP contribution in [-0.4, -0.2) is 51.5 Å². The molecule has 1 saturated heterocycles. The van der Waals surface area contributed by atoms with Crippen LogP contribution >= 0.6 is 0 Å². The topological polar surface area (TPSA) is 90.2 Å². The Morgan fingerprint density at radius 2 is 2.10 bits per heavy atom. The molecular weight excluding hydrogens is 140 g/mol. The molecule has 0 bridgehead atoms. The van der Waals surface area contributed by atoms with Crippen molar-refractivity contribution in [2.45, 2.75) is 24.6 Å². The largest absolute Gasteiger partial charge is 0.394 e. The summed E-state index contributed by atoms with van der Waals surface area (Å²) in [5, 5.41) is 36.0. The molecule has 1 aliphatic heterocycles. The number of hydrogen-bond acceptors (Lipinski definition) is 5. The third-order valence-electron chi connectivity index (χ3n) is 1.12. The average molecular weight is 154 g/mol. The summed E-state index contributed by atoms with van der Waals surface area (Å²) in [6.45, 7) is -3.40. The molecule has 1 fully saturated rings. The maximum atomic E-state index is 9.23. The van der Waals surface area contributed by atoms with E-state index in [9.17, 15) is 5.11 Å². The van der Waals surface area contributed by atoms with Crippen molar-refractivity contribution in [3.63, 3.8) is 0 Å². The quantitative estimate of drug-likeness (QED) is 0.333. The van der Waals surface area contributed by atoms with E-state index in [1.807, 2.05) is 0 Å². The van der Waals surface area contributed by atoms with Gasteiger partial charge in [0.1, 0.15) is 18.3 Å². The second-order valence-electron chi connectivity index (χ2n) is 1.78. The van der Waals surface area contributed by atoms with Gasteiger partial charge in [0.2, 0.25) is 0 Å². The van der Waals surface area contributed by atoms with Gasteiger partial charge in [-0.25, -0.2) is 0 Å². The Kier molecular flexibility index (Phi) is 1.12. The van der Waals surface area contributed by atoms with Crippen LogP contribution in [-0.2, 0) is 4.74 Å². The average Bonchev–Trinajstić information content (AvgIpc) is 2.12. The van der Waals surface area contributed by atoms with Gasteiger partial charge in [-0.15, -0.1) is 0 Å². The molecule has 1 rings (SSSR count). The summed E-state index contributed by atoms with van der Waals surface area (Å²) in [6, 6.07) is 0. The first-order valence-electron chi connectivity index (χ1n) is 4.53. The summed E-state index contributed by atoms with van der Waals surface area (Å²) in [5.41, 5.74) is 0. The predicted molar refractivity (Wildman–Crippen MR) is 30.0 cm³/mol. The summed E-state index contributed by atoms with van der Waals surface area (Å²) >= 11 is 0. The lowest BCUT2D eigenvalue weighted by atomic mass is 10.1. The molecular formula is C5H10O5. The first kappa shape index (κ1) is 3.99. The van der Waals surface area contributed by atoms with E-state index in [0.717, 1.165) is 0 Å². The maximum absolute atomic E-state index is 9.23. The normalized spacial score (nSPS) is 70.0. The standard InChI is InChI=1S/C5H10O5/c6-1-2-3(7)4(8)5(9)10-2/h2-9H,1H2/t2-,3?,4+,5?/m1/s1/i1D2,2D,3D. The molecule has 0 saturated carbocycles. The van der Waals surface area contributed by atoms with E-state index in [1.54, 1.807) is 0 Å². The molecule has 4 N–H and O–H groups in total. The third kappa shape index (κ3) is 1.14. The molecule has 0 aliphatic carbocycles. The number of ether oxygens (including phenoxy) is 1. The number of aliphatic hydroxyl groups is 4. The van der Waals surface area contributed by atoms with Gasteiger partial charge in [-0.2, -0.15) is 0 Å². The zero-order chi connectivity index (χ0) is 11.4. The van der Waals surface area contributed by atoms with E-state index in [0.29, 0.717) is 0 Å². The molecule has 0 amide bonds. The second kappa shape index (κ2) is 2.81. The highest BCUT2D eigenvalue weighted by Crippen LogP contribution is 2.18. The van der Waals surface area contributed by atoms with Gasteiger partial charge in [-0.3, -0.25) is 0 Å². The van der Waals surface area contributed by atoms with E-state index in [4.69, 9.17) is 20.8 Å². The summed E-state index contributed by atoms with van der Waals surface area (Å²) in [7, 11) is 0. The SMILES string of the molecule is [2H]C([2H])(O)[C@@]1([2H])OC(O)[C@@H](O)C1([2H])O. The molecule has 0 radical (unpaired) electrons. The molecule has 0 spiro atoms. The fourth-order valence-corrected chi connectivity index (χ4v) is 0.599. The van der Waals surface area contributed by atoms with Gasteiger partial charge in [0.05, 0.1) is 12.0 Å². The number of aliphatic hydroxyl groups excluding tert-OH is 2. The molecule has 0 aromatic carbocycles. The van der Waals surface area contributed by atoms with E-state index < -0.39 is 31.1 Å². The summed E-state index contributed by atoms with van der Waals surface area (Å²) in [6.07, 6.45) is -10.6. The highest BCUT2D eigenvalue weighted by Gasteiger charge is 2.41. The monoisotopic (exact) mass is 154 g/mol. The lowest BCUT2D eigenvalue weighted by Crippen LogP contribution is -2.33. The first-order valence-corrected chi connectivity index (χ1v) is 2.53. The van der Waals surface area contributed by atoms with Crippen LogP contribution < -0.4 is 0 Å². The Balaban J connectivity index is 3.14. The third-order valence-corrected chi connectivity index (χ3v) is 1.12. The maximum Gasteiger partial charge on any atom is 0.184 e. The Hall–Kier alpha value is -0.200. The van der Waals surface area contributed by atoms with Gasteiger partial charge in [-0.05, 0) is 0 Å². The Labute approximate surface area is 63.1 Å². The van der Waals surface area contributed by atoms with E-state index in [-0.39, 0.29) is 0 Å². The van der Waals surface area contributed by atoms with Crippen LogP contribution in [0.5, 0.6) is 0 Å². The molecule has 60 valence electrons. The summed E-state index contributed by atoms with van der Waals surface area (Å²) < 4.78 is 31.9. The van der Waals surface area contributed by atoms with Gasteiger partial charge in [-0.1, -0.05) is 0 Å². The zero-order valence-electron chi connectivity index (χ0n) is 8.85. The molecule has 1 heterocycles. The van der Waals surface area contributed by atoms with Crippen LogP contribution in [0.3, 0.4) is 0 Å². The highest BCUT2D eigenvalue weighted by atomic mass is 16.6. The summed E-state index contributed by atoms with van der Waals surface area (Å²) in [5.74, 6) is 0. The fourth-order valence-electron chi connectivity index (χ4n) is 0.599. The van der Waals surface area contributed by atoms with Crippen LogP contribution in [0, 0.1) is 0 Å². The molecule has 5 heteroatoms. The van der Waals surface area contributed by atoms with Crippen molar-refractivity contribution in [3.05, 3.63) is 0 Å². The molecule has 0 aromatic rings. The molecule has 2 unspecified atom stereocenters. The van der Waals surface area contributed by atoms with Crippen molar-refractivity contribution >= 4 is 0 Å². The lowest BCUT2D eigenvalue weighted by molar-refractivity contribution is -0.132. The van der Waals surface area contributed by atoms with Crippen molar-refractivity contribution in [2.24, 2.45) is 0 Å². The van der Waals surface area contributed by atoms with Crippen LogP contribution in [0.2, 0.25) is 0 Å². The number of rotatable bonds is 1. The Morgan fingerprint density at radius 3 is 2.30 bits per heavy atom. The van der Waals surface area contributed by atoms with Gasteiger partial charge in [0, 0.05) is 0 Å². The highest BCUT2D eigenvalue weighted by molar-refractivity contribution is 4.84. The van der Waals surface area contributed by atoms with Gasteiger partial charge in [0.25, 0.3) is 0 Å². The molecule has 1 aliphatic rings. The van der Waals surface area contributed by atoms with Crippen LogP contribution in [0.4, 0.5) is 0 Å². The van der Waals surface area contributed by atoms with Gasteiger partial charge >= 0.3 is 0 Å². The van der Waals surface area contributed by atoms with Crippen molar-refractivity contribution in [1.82, 2.24) is 0 Å². The van der Waals surface area contributed by atoms with Crippen LogP contribution in [0.25, 0.3) is 0 Å². The number of hydrogen-bond donors (Lipinski definition) is 4. The molecule has 0 aromatic heterocycles. The Morgan fingerprint density at radius 1 is 1.50 bits per heavy atom. The first-order chi connectivity index (χ1) is 6.04. The smallest absolute Gasteiger partial charge is 0.184 e. The van der Waals surface area contributed by atoms with Crippen molar-refractivity contribution < 1.29 is 30.6 Å². The Bertz CT molecular complexity index is 241. The molecule has 10 heavy (non-hydrogen) atoms. The van der Waals surface area contributed by atoms with Crippen molar-refractivity contribution in [3.8, 4) is 0 Å². The predicted octanol–water partition coefficient (Wildman–Crippen LogP) is -2.58. The summed E-state index contributed by atoms with van der Waals surface area (Å²) in [4.78, 5) is 0. The fraction of sp³-hybridized carbons (Fsp3) is 1.00.